The summed E-state index contributed by atoms with van der Waals surface area (Å²) in [7, 11) is 0. The number of aryl methyl sites for hydroxylation is 1. The van der Waals surface area contributed by atoms with Gasteiger partial charge in [-0.1, -0.05) is 25.3 Å². The number of benzene rings is 1. The van der Waals surface area contributed by atoms with Crippen LogP contribution >= 0.6 is 0 Å². The maximum absolute atomic E-state index is 13.3. The van der Waals surface area contributed by atoms with E-state index in [1.807, 2.05) is 0 Å². The highest BCUT2D eigenvalue weighted by atomic mass is 16.5. The molecule has 1 aromatic carbocycles. The Morgan fingerprint density at radius 1 is 0.968 bits per heavy atom. The van der Waals surface area contributed by atoms with Gasteiger partial charge in [-0.05, 0) is 61.3 Å². The molecule has 0 N–H and O–H groups in total. The van der Waals surface area contributed by atoms with Crippen LogP contribution in [-0.2, 0) is 22.5 Å². The van der Waals surface area contributed by atoms with Crippen molar-refractivity contribution < 1.29 is 9.53 Å². The second-order valence-corrected chi connectivity index (χ2v) is 10.0. The normalized spacial score (nSPS) is 25.0. The number of fused-ring (bicyclic) bond motifs is 3. The Balaban J connectivity index is 1.31. The fourth-order valence-electron chi connectivity index (χ4n) is 6.65. The molecule has 2 aliphatic carbocycles. The van der Waals surface area contributed by atoms with Gasteiger partial charge < -0.3 is 14.2 Å². The standard InChI is InChI=1S/C26H35N3O2/c30-25(18-27-13-15-31-16-14-27)28-11-12-29-23-10-9-20(19-5-2-1-3-6-19)17-22(23)21-7-4-8-24(28)26(21)29/h9-10,17,19,24H,1-8,11-16,18H2/t24-/m1/s1. The quantitative estimate of drug-likeness (QED) is 0.744. The smallest absolute Gasteiger partial charge is 0.237 e. The Morgan fingerprint density at radius 3 is 2.65 bits per heavy atom. The second-order valence-electron chi connectivity index (χ2n) is 10.0. The van der Waals surface area contributed by atoms with E-state index in [0.29, 0.717) is 12.5 Å². The lowest BCUT2D eigenvalue weighted by molar-refractivity contribution is -0.137. The molecule has 2 aliphatic heterocycles. The van der Waals surface area contributed by atoms with Crippen LogP contribution in [0.2, 0.25) is 0 Å². The highest BCUT2D eigenvalue weighted by molar-refractivity contribution is 5.88. The van der Waals surface area contributed by atoms with Crippen molar-refractivity contribution >= 4 is 16.8 Å². The summed E-state index contributed by atoms with van der Waals surface area (Å²) in [6, 6.07) is 7.57. The number of carbonyl (C=O) groups is 1. The first-order valence-electron chi connectivity index (χ1n) is 12.5. The molecule has 1 atom stereocenters. The van der Waals surface area contributed by atoms with Crippen LogP contribution in [-0.4, -0.2) is 59.7 Å². The van der Waals surface area contributed by atoms with Crippen LogP contribution in [0, 0.1) is 0 Å². The predicted molar refractivity (Wildman–Crippen MR) is 122 cm³/mol. The third-order valence-corrected chi connectivity index (χ3v) is 8.26. The topological polar surface area (TPSA) is 37.7 Å². The monoisotopic (exact) mass is 421 g/mol. The fourth-order valence-corrected chi connectivity index (χ4v) is 6.65. The van der Waals surface area contributed by atoms with Gasteiger partial charge in [0.25, 0.3) is 0 Å². The highest BCUT2D eigenvalue weighted by Gasteiger charge is 2.37. The molecular formula is C26H35N3O2. The number of hydrogen-bond donors (Lipinski definition) is 0. The summed E-state index contributed by atoms with van der Waals surface area (Å²) in [5.41, 5.74) is 5.93. The van der Waals surface area contributed by atoms with Gasteiger partial charge in [0.1, 0.15) is 0 Å². The van der Waals surface area contributed by atoms with Gasteiger partial charge in [-0.2, -0.15) is 0 Å². The molecule has 31 heavy (non-hydrogen) atoms. The molecule has 6 rings (SSSR count). The number of ether oxygens (including phenoxy) is 1. The molecule has 0 radical (unpaired) electrons. The van der Waals surface area contributed by atoms with Crippen molar-refractivity contribution in [3.8, 4) is 0 Å². The first-order chi connectivity index (χ1) is 15.3. The molecule has 5 nitrogen and oxygen atoms in total. The summed E-state index contributed by atoms with van der Waals surface area (Å²) in [4.78, 5) is 17.8. The minimum absolute atomic E-state index is 0.261. The SMILES string of the molecule is O=C(CN1CCOCC1)N1CCn2c3c(c4cc(C5CCCCC5)ccc42)CCC[C@H]31. The molecule has 1 saturated heterocycles. The van der Waals surface area contributed by atoms with E-state index in [1.165, 1.54) is 60.7 Å². The van der Waals surface area contributed by atoms with Crippen LogP contribution in [0.4, 0.5) is 0 Å². The maximum Gasteiger partial charge on any atom is 0.237 e. The molecule has 2 aromatic rings. The van der Waals surface area contributed by atoms with Gasteiger partial charge in [-0.25, -0.2) is 0 Å². The Bertz CT molecular complexity index is 969. The predicted octanol–water partition coefficient (Wildman–Crippen LogP) is 4.24. The molecule has 0 unspecified atom stereocenters. The number of aromatic nitrogens is 1. The van der Waals surface area contributed by atoms with Gasteiger partial charge in [0.2, 0.25) is 5.91 Å². The van der Waals surface area contributed by atoms with Gasteiger partial charge in [-0.15, -0.1) is 0 Å². The number of rotatable bonds is 3. The number of hydrogen-bond acceptors (Lipinski definition) is 3. The van der Waals surface area contributed by atoms with Crippen molar-refractivity contribution in [2.45, 2.75) is 69.9 Å². The lowest BCUT2D eigenvalue weighted by Crippen LogP contribution is -2.49. The third-order valence-electron chi connectivity index (χ3n) is 8.26. The number of morpholine rings is 1. The van der Waals surface area contributed by atoms with E-state index in [2.05, 4.69) is 32.6 Å². The van der Waals surface area contributed by atoms with Crippen molar-refractivity contribution in [3.05, 3.63) is 35.0 Å². The zero-order chi connectivity index (χ0) is 20.8. The molecule has 1 aromatic heterocycles. The summed E-state index contributed by atoms with van der Waals surface area (Å²) in [6.07, 6.45) is 10.3. The first kappa shape index (κ1) is 19.8. The molecule has 0 spiro atoms. The Hall–Kier alpha value is -1.85. The largest absolute Gasteiger partial charge is 0.379 e. The van der Waals surface area contributed by atoms with E-state index >= 15 is 0 Å². The maximum atomic E-state index is 13.3. The number of amides is 1. The van der Waals surface area contributed by atoms with Crippen LogP contribution in [0.25, 0.3) is 10.9 Å². The molecule has 1 amide bonds. The van der Waals surface area contributed by atoms with Crippen LogP contribution in [0.15, 0.2) is 18.2 Å². The Labute approximate surface area is 185 Å². The zero-order valence-electron chi connectivity index (χ0n) is 18.7. The highest BCUT2D eigenvalue weighted by Crippen LogP contribution is 2.44. The average molecular weight is 422 g/mol. The van der Waals surface area contributed by atoms with Gasteiger partial charge in [0.05, 0.1) is 25.8 Å². The molecule has 166 valence electrons. The van der Waals surface area contributed by atoms with E-state index in [1.54, 1.807) is 5.56 Å². The Kier molecular flexibility index (Phi) is 5.27. The third kappa shape index (κ3) is 3.50. The molecule has 5 heteroatoms. The van der Waals surface area contributed by atoms with Gasteiger partial charge in [-0.3, -0.25) is 9.69 Å². The van der Waals surface area contributed by atoms with E-state index < -0.39 is 0 Å². The van der Waals surface area contributed by atoms with Gasteiger partial charge >= 0.3 is 0 Å². The first-order valence-corrected chi connectivity index (χ1v) is 12.5. The summed E-state index contributed by atoms with van der Waals surface area (Å²) >= 11 is 0. The van der Waals surface area contributed by atoms with E-state index in [0.717, 1.165) is 58.2 Å². The van der Waals surface area contributed by atoms with Crippen LogP contribution in [0.1, 0.15) is 73.7 Å². The molecule has 2 fully saturated rings. The average Bonchev–Trinajstić information content (AvgIpc) is 3.15. The number of carbonyl (C=O) groups excluding carboxylic acids is 1. The summed E-state index contributed by atoms with van der Waals surface area (Å²) in [5.74, 6) is 1.05. The molecule has 4 aliphatic rings. The fraction of sp³-hybridized carbons (Fsp3) is 0.654. The summed E-state index contributed by atoms with van der Waals surface area (Å²) < 4.78 is 8.01. The van der Waals surface area contributed by atoms with Crippen LogP contribution in [0.3, 0.4) is 0 Å². The lowest BCUT2D eigenvalue weighted by atomic mass is 9.83. The van der Waals surface area contributed by atoms with Crippen molar-refractivity contribution in [1.82, 2.24) is 14.4 Å². The van der Waals surface area contributed by atoms with E-state index in [9.17, 15) is 4.79 Å². The van der Waals surface area contributed by atoms with Crippen molar-refractivity contribution in [2.24, 2.45) is 0 Å². The summed E-state index contributed by atoms with van der Waals surface area (Å²) in [6.45, 7) is 5.56. The van der Waals surface area contributed by atoms with Crippen molar-refractivity contribution in [2.75, 3.05) is 39.4 Å². The second kappa shape index (κ2) is 8.25. The number of nitrogens with zero attached hydrogens (tertiary/aromatic N) is 3. The van der Waals surface area contributed by atoms with Gasteiger partial charge in [0, 0.05) is 42.8 Å². The van der Waals surface area contributed by atoms with Crippen LogP contribution < -0.4 is 0 Å². The van der Waals surface area contributed by atoms with Crippen molar-refractivity contribution in [3.63, 3.8) is 0 Å². The van der Waals surface area contributed by atoms with Gasteiger partial charge in [0.15, 0.2) is 0 Å². The molecule has 0 bridgehead atoms. The van der Waals surface area contributed by atoms with E-state index in [-0.39, 0.29) is 6.04 Å². The lowest BCUT2D eigenvalue weighted by Gasteiger charge is -2.41. The molecular weight excluding hydrogens is 386 g/mol. The molecule has 1 saturated carbocycles. The van der Waals surface area contributed by atoms with Crippen molar-refractivity contribution in [1.29, 1.82) is 0 Å². The van der Waals surface area contributed by atoms with Crippen LogP contribution in [0.5, 0.6) is 0 Å². The zero-order valence-corrected chi connectivity index (χ0v) is 18.7. The minimum Gasteiger partial charge on any atom is -0.379 e. The minimum atomic E-state index is 0.261. The Morgan fingerprint density at radius 2 is 1.81 bits per heavy atom. The summed E-state index contributed by atoms with van der Waals surface area (Å²) in [5, 5.41) is 1.48. The van der Waals surface area contributed by atoms with E-state index in [4.69, 9.17) is 4.74 Å². The molecule has 3 heterocycles.